The zero-order valence-electron chi connectivity index (χ0n) is 12.3. The summed E-state index contributed by atoms with van der Waals surface area (Å²) in [5.74, 6) is -1.74. The van der Waals surface area contributed by atoms with Gasteiger partial charge in [-0.05, 0) is 19.1 Å². The summed E-state index contributed by atoms with van der Waals surface area (Å²) in [6.07, 6.45) is 0. The number of para-hydroxylation sites is 1. The Labute approximate surface area is 123 Å². The number of fused-ring (bicyclic) bond motifs is 1. The van der Waals surface area contributed by atoms with Crippen molar-refractivity contribution in [2.24, 2.45) is 5.92 Å². The van der Waals surface area contributed by atoms with Crippen LogP contribution in [-0.2, 0) is 4.79 Å². The number of aryl methyl sites for hydroxylation is 1. The van der Waals surface area contributed by atoms with Crippen LogP contribution in [0.5, 0.6) is 0 Å². The number of aliphatic carboxylic acids is 1. The van der Waals surface area contributed by atoms with Gasteiger partial charge in [0, 0.05) is 24.7 Å². The first-order valence-electron chi connectivity index (χ1n) is 6.75. The Hall–Kier alpha value is -2.43. The van der Waals surface area contributed by atoms with Crippen molar-refractivity contribution in [3.8, 4) is 0 Å². The van der Waals surface area contributed by atoms with Crippen molar-refractivity contribution >= 4 is 22.8 Å². The van der Waals surface area contributed by atoms with Gasteiger partial charge in [0.05, 0.1) is 17.0 Å². The van der Waals surface area contributed by atoms with Gasteiger partial charge in [-0.3, -0.25) is 14.6 Å². The van der Waals surface area contributed by atoms with Gasteiger partial charge < -0.3 is 10.0 Å². The number of aromatic nitrogens is 1. The van der Waals surface area contributed by atoms with E-state index in [2.05, 4.69) is 4.98 Å². The van der Waals surface area contributed by atoms with Crippen LogP contribution in [0.4, 0.5) is 0 Å². The highest BCUT2D eigenvalue weighted by Crippen LogP contribution is 2.19. The molecule has 2 aromatic rings. The fourth-order valence-corrected chi connectivity index (χ4v) is 2.19. The molecule has 2 rings (SSSR count). The Morgan fingerprint density at radius 2 is 2.00 bits per heavy atom. The first-order valence-corrected chi connectivity index (χ1v) is 6.75. The van der Waals surface area contributed by atoms with E-state index < -0.39 is 11.9 Å². The van der Waals surface area contributed by atoms with E-state index >= 15 is 0 Å². The largest absolute Gasteiger partial charge is 0.481 e. The Morgan fingerprint density at radius 3 is 2.67 bits per heavy atom. The molecule has 5 heteroatoms. The van der Waals surface area contributed by atoms with Gasteiger partial charge in [-0.1, -0.05) is 25.1 Å². The summed E-state index contributed by atoms with van der Waals surface area (Å²) < 4.78 is 0. The van der Waals surface area contributed by atoms with Crippen LogP contribution in [0.15, 0.2) is 30.3 Å². The summed E-state index contributed by atoms with van der Waals surface area (Å²) in [6.45, 7) is 3.62. The molecular weight excluding hydrogens is 268 g/mol. The van der Waals surface area contributed by atoms with Crippen LogP contribution in [0.1, 0.15) is 23.0 Å². The van der Waals surface area contributed by atoms with Crippen LogP contribution < -0.4 is 0 Å². The second-order valence-electron chi connectivity index (χ2n) is 5.25. The average Bonchev–Trinajstić information content (AvgIpc) is 2.45. The number of rotatable bonds is 4. The van der Waals surface area contributed by atoms with Gasteiger partial charge in [0.2, 0.25) is 0 Å². The number of hydrogen-bond acceptors (Lipinski definition) is 3. The zero-order chi connectivity index (χ0) is 15.6. The van der Waals surface area contributed by atoms with E-state index in [1.54, 1.807) is 26.1 Å². The van der Waals surface area contributed by atoms with E-state index in [1.807, 2.05) is 25.1 Å². The van der Waals surface area contributed by atoms with Crippen molar-refractivity contribution in [2.75, 3.05) is 13.6 Å². The van der Waals surface area contributed by atoms with E-state index in [1.165, 1.54) is 4.90 Å². The number of carboxylic acids is 1. The summed E-state index contributed by atoms with van der Waals surface area (Å²) >= 11 is 0. The number of hydrogen-bond donors (Lipinski definition) is 1. The van der Waals surface area contributed by atoms with Crippen molar-refractivity contribution in [2.45, 2.75) is 13.8 Å². The highest BCUT2D eigenvalue weighted by molar-refractivity contribution is 6.05. The van der Waals surface area contributed by atoms with Gasteiger partial charge in [0.1, 0.15) is 0 Å². The molecule has 0 radical (unpaired) electrons. The molecule has 0 aliphatic carbocycles. The number of benzene rings is 1. The number of carbonyl (C=O) groups excluding carboxylic acids is 1. The molecule has 1 heterocycles. The van der Waals surface area contributed by atoms with E-state index in [9.17, 15) is 9.59 Å². The monoisotopic (exact) mass is 286 g/mol. The maximum absolute atomic E-state index is 12.5. The molecule has 21 heavy (non-hydrogen) atoms. The first kappa shape index (κ1) is 15.0. The van der Waals surface area contributed by atoms with Gasteiger partial charge >= 0.3 is 5.97 Å². The number of nitrogens with zero attached hydrogens (tertiary/aromatic N) is 2. The van der Waals surface area contributed by atoms with Crippen LogP contribution in [0.25, 0.3) is 10.9 Å². The summed E-state index contributed by atoms with van der Waals surface area (Å²) in [5.41, 5.74) is 1.98. The molecule has 1 N–H and O–H groups in total. The van der Waals surface area contributed by atoms with Gasteiger partial charge in [0.25, 0.3) is 5.91 Å². The van der Waals surface area contributed by atoms with Crippen LogP contribution in [-0.4, -0.2) is 40.5 Å². The van der Waals surface area contributed by atoms with E-state index in [0.29, 0.717) is 11.1 Å². The molecule has 1 atom stereocenters. The van der Waals surface area contributed by atoms with E-state index in [-0.39, 0.29) is 12.5 Å². The third-order valence-electron chi connectivity index (χ3n) is 3.41. The van der Waals surface area contributed by atoms with Crippen molar-refractivity contribution in [1.29, 1.82) is 0 Å². The standard InChI is InChI=1S/C16H18N2O3/c1-10(16(20)21)9-18(3)15(19)13-6-4-5-12-8-7-11(2)17-14(12)13/h4-8,10H,9H2,1-3H3,(H,20,21). The molecule has 0 spiro atoms. The normalized spacial score (nSPS) is 12.1. The minimum atomic E-state index is -0.915. The molecular formula is C16H18N2O3. The fraction of sp³-hybridized carbons (Fsp3) is 0.312. The quantitative estimate of drug-likeness (QED) is 0.936. The minimum absolute atomic E-state index is 0.163. The SMILES string of the molecule is Cc1ccc2cccc(C(=O)N(C)CC(C)C(=O)O)c2n1. The molecule has 1 aromatic heterocycles. The lowest BCUT2D eigenvalue weighted by atomic mass is 10.1. The maximum Gasteiger partial charge on any atom is 0.308 e. The summed E-state index contributed by atoms with van der Waals surface area (Å²) in [7, 11) is 1.61. The number of amides is 1. The first-order chi connectivity index (χ1) is 9.90. The molecule has 0 bridgehead atoms. The van der Waals surface area contributed by atoms with Crippen molar-refractivity contribution in [3.63, 3.8) is 0 Å². The van der Waals surface area contributed by atoms with Gasteiger partial charge in [-0.2, -0.15) is 0 Å². The van der Waals surface area contributed by atoms with Gasteiger partial charge in [0.15, 0.2) is 0 Å². The predicted molar refractivity (Wildman–Crippen MR) is 80.2 cm³/mol. The maximum atomic E-state index is 12.5. The van der Waals surface area contributed by atoms with Crippen molar-refractivity contribution in [3.05, 3.63) is 41.6 Å². The van der Waals surface area contributed by atoms with Crippen LogP contribution in [0.2, 0.25) is 0 Å². The molecule has 1 aromatic carbocycles. The second kappa shape index (κ2) is 5.91. The molecule has 110 valence electrons. The topological polar surface area (TPSA) is 70.5 Å². The molecule has 0 saturated carbocycles. The lowest BCUT2D eigenvalue weighted by Gasteiger charge is -2.20. The van der Waals surface area contributed by atoms with Gasteiger partial charge in [-0.15, -0.1) is 0 Å². The van der Waals surface area contributed by atoms with Crippen LogP contribution in [0, 0.1) is 12.8 Å². The second-order valence-corrected chi connectivity index (χ2v) is 5.25. The number of pyridine rings is 1. The third kappa shape index (κ3) is 3.18. The van der Waals surface area contributed by atoms with Gasteiger partial charge in [-0.25, -0.2) is 0 Å². The Morgan fingerprint density at radius 1 is 1.29 bits per heavy atom. The minimum Gasteiger partial charge on any atom is -0.481 e. The molecule has 5 nitrogen and oxygen atoms in total. The third-order valence-corrected chi connectivity index (χ3v) is 3.41. The molecule has 0 aliphatic rings. The molecule has 1 amide bonds. The summed E-state index contributed by atoms with van der Waals surface area (Å²) in [6, 6.07) is 9.25. The predicted octanol–water partition coefficient (Wildman–Crippen LogP) is 2.34. The molecule has 1 unspecified atom stereocenters. The van der Waals surface area contributed by atoms with E-state index in [0.717, 1.165) is 11.1 Å². The Balaban J connectivity index is 2.35. The average molecular weight is 286 g/mol. The molecule has 0 saturated heterocycles. The highest BCUT2D eigenvalue weighted by atomic mass is 16.4. The summed E-state index contributed by atoms with van der Waals surface area (Å²) in [5, 5.41) is 9.84. The van der Waals surface area contributed by atoms with Crippen LogP contribution in [0.3, 0.4) is 0 Å². The molecule has 0 fully saturated rings. The molecule has 0 aliphatic heterocycles. The van der Waals surface area contributed by atoms with E-state index in [4.69, 9.17) is 5.11 Å². The Bertz CT molecular complexity index is 697. The van der Waals surface area contributed by atoms with Crippen molar-refractivity contribution < 1.29 is 14.7 Å². The smallest absolute Gasteiger partial charge is 0.308 e. The number of carboxylic acid groups (broad SMARTS) is 1. The zero-order valence-corrected chi connectivity index (χ0v) is 12.3. The fourth-order valence-electron chi connectivity index (χ4n) is 2.19. The summed E-state index contributed by atoms with van der Waals surface area (Å²) in [4.78, 5) is 29.3. The number of carbonyl (C=O) groups is 2. The highest BCUT2D eigenvalue weighted by Gasteiger charge is 2.20. The van der Waals surface area contributed by atoms with Crippen LogP contribution >= 0.6 is 0 Å². The Kier molecular flexibility index (Phi) is 4.21. The van der Waals surface area contributed by atoms with Crippen molar-refractivity contribution in [1.82, 2.24) is 9.88 Å². The lowest BCUT2D eigenvalue weighted by Crippen LogP contribution is -2.33. The lowest BCUT2D eigenvalue weighted by molar-refractivity contribution is -0.141.